The fourth-order valence-electron chi connectivity index (χ4n) is 2.84. The van der Waals surface area contributed by atoms with E-state index in [0.717, 1.165) is 37.0 Å². The number of imidazole rings is 1. The van der Waals surface area contributed by atoms with E-state index in [1.807, 2.05) is 4.57 Å². The maximum Gasteiger partial charge on any atom is 0.201 e. The van der Waals surface area contributed by atoms with Gasteiger partial charge in [0.1, 0.15) is 5.82 Å². The van der Waals surface area contributed by atoms with E-state index >= 15 is 0 Å². The van der Waals surface area contributed by atoms with Gasteiger partial charge in [0, 0.05) is 18.7 Å². The van der Waals surface area contributed by atoms with Crippen molar-refractivity contribution in [1.82, 2.24) is 14.5 Å². The summed E-state index contributed by atoms with van der Waals surface area (Å²) < 4.78 is 16.1. The van der Waals surface area contributed by atoms with E-state index in [-0.39, 0.29) is 11.9 Å². The largest absolute Gasteiger partial charge is 0.369 e. The number of nitrogens with two attached hydrogens (primary N) is 1. The second kappa shape index (κ2) is 4.76. The molecule has 19 heavy (non-hydrogen) atoms. The highest BCUT2D eigenvalue weighted by Gasteiger charge is 2.23. The number of rotatable bonds is 1. The fraction of sp³-hybridized carbons (Fsp3) is 0.462. The molecule has 0 aliphatic carbocycles. The Bertz CT molecular complexity index is 625. The topological polar surface area (TPSA) is 47.1 Å². The summed E-state index contributed by atoms with van der Waals surface area (Å²) in [5, 5.41) is 0. The minimum Gasteiger partial charge on any atom is -0.369 e. The highest BCUT2D eigenvalue weighted by Crippen LogP contribution is 2.31. The van der Waals surface area contributed by atoms with Crippen LogP contribution in [0.2, 0.25) is 0 Å². The van der Waals surface area contributed by atoms with E-state index in [1.54, 1.807) is 6.07 Å². The van der Waals surface area contributed by atoms with Gasteiger partial charge in [0.15, 0.2) is 0 Å². The molecule has 0 bridgehead atoms. The molecular weight excluding hydrogens is 311 g/mol. The lowest BCUT2D eigenvalue weighted by molar-refractivity contribution is 0.216. The standard InChI is InChI=1S/C13H16BrFN4/c1-18-4-2-3-8(7-18)19-12-6-10(15)9(14)5-11(12)17-13(19)16/h5-6,8H,2-4,7H2,1H3,(H2,16,17). The number of likely N-dealkylation sites (tertiary alicyclic amines) is 1. The van der Waals surface area contributed by atoms with E-state index < -0.39 is 0 Å². The number of hydrogen-bond donors (Lipinski definition) is 1. The number of piperidine rings is 1. The van der Waals surface area contributed by atoms with Crippen molar-refractivity contribution >= 4 is 32.9 Å². The third-order valence-electron chi connectivity index (χ3n) is 3.72. The van der Waals surface area contributed by atoms with Gasteiger partial charge >= 0.3 is 0 Å². The number of hydrogen-bond acceptors (Lipinski definition) is 3. The SMILES string of the molecule is CN1CCCC(n2c(N)nc3cc(Br)c(F)cc32)C1. The fourth-order valence-corrected chi connectivity index (χ4v) is 3.17. The first-order chi connectivity index (χ1) is 9.06. The molecule has 1 unspecified atom stereocenters. The third kappa shape index (κ3) is 2.23. The summed E-state index contributed by atoms with van der Waals surface area (Å²) in [7, 11) is 2.10. The maximum atomic E-state index is 13.7. The van der Waals surface area contributed by atoms with Gasteiger partial charge in [-0.05, 0) is 48.4 Å². The molecule has 102 valence electrons. The highest BCUT2D eigenvalue weighted by molar-refractivity contribution is 9.10. The van der Waals surface area contributed by atoms with E-state index in [9.17, 15) is 4.39 Å². The minimum atomic E-state index is -0.280. The average molecular weight is 327 g/mol. The first-order valence-electron chi connectivity index (χ1n) is 6.37. The smallest absolute Gasteiger partial charge is 0.201 e. The number of likely N-dealkylation sites (N-methyl/N-ethyl adjacent to an activating group) is 1. The van der Waals surface area contributed by atoms with Crippen LogP contribution in [0.15, 0.2) is 16.6 Å². The van der Waals surface area contributed by atoms with Crippen LogP contribution in [-0.2, 0) is 0 Å². The molecule has 1 fully saturated rings. The highest BCUT2D eigenvalue weighted by atomic mass is 79.9. The zero-order chi connectivity index (χ0) is 13.6. The molecule has 0 radical (unpaired) electrons. The Balaban J connectivity index is 2.12. The Kier molecular flexibility index (Phi) is 3.22. The Morgan fingerprint density at radius 3 is 3.00 bits per heavy atom. The summed E-state index contributed by atoms with van der Waals surface area (Å²) >= 11 is 3.18. The zero-order valence-electron chi connectivity index (χ0n) is 10.7. The van der Waals surface area contributed by atoms with Crippen LogP contribution >= 0.6 is 15.9 Å². The average Bonchev–Trinajstić information content (AvgIpc) is 2.65. The van der Waals surface area contributed by atoms with Crippen molar-refractivity contribution in [1.29, 1.82) is 0 Å². The first kappa shape index (κ1) is 12.9. The summed E-state index contributed by atoms with van der Waals surface area (Å²) in [6, 6.07) is 3.46. The normalized spacial score (nSPS) is 21.1. The summed E-state index contributed by atoms with van der Waals surface area (Å²) in [5.41, 5.74) is 7.54. The van der Waals surface area contributed by atoms with Crippen LogP contribution in [0.1, 0.15) is 18.9 Å². The van der Waals surface area contributed by atoms with Crippen LogP contribution in [0.5, 0.6) is 0 Å². The lowest BCUT2D eigenvalue weighted by Crippen LogP contribution is -2.33. The molecule has 1 aliphatic heterocycles. The van der Waals surface area contributed by atoms with Gasteiger partial charge in [-0.25, -0.2) is 9.37 Å². The molecule has 4 nitrogen and oxygen atoms in total. The quantitative estimate of drug-likeness (QED) is 0.876. The molecule has 1 aromatic heterocycles. The Morgan fingerprint density at radius 2 is 2.26 bits per heavy atom. The molecule has 0 amide bonds. The molecule has 1 atom stereocenters. The number of fused-ring (bicyclic) bond motifs is 1. The van der Waals surface area contributed by atoms with Gasteiger partial charge in [0.2, 0.25) is 5.95 Å². The summed E-state index contributed by atoms with van der Waals surface area (Å²) in [4.78, 5) is 6.61. The van der Waals surface area contributed by atoms with Gasteiger partial charge < -0.3 is 15.2 Å². The van der Waals surface area contributed by atoms with Gasteiger partial charge in [-0.15, -0.1) is 0 Å². The molecule has 3 rings (SSSR count). The lowest BCUT2D eigenvalue weighted by Gasteiger charge is -2.31. The van der Waals surface area contributed by atoms with Crippen LogP contribution in [0.3, 0.4) is 0 Å². The van der Waals surface area contributed by atoms with Crippen LogP contribution in [0.4, 0.5) is 10.3 Å². The van der Waals surface area contributed by atoms with E-state index in [4.69, 9.17) is 5.73 Å². The van der Waals surface area contributed by atoms with E-state index in [0.29, 0.717) is 10.4 Å². The second-order valence-electron chi connectivity index (χ2n) is 5.15. The van der Waals surface area contributed by atoms with Crippen LogP contribution in [-0.4, -0.2) is 34.6 Å². The molecule has 6 heteroatoms. The molecule has 1 aliphatic rings. The van der Waals surface area contributed by atoms with Crippen molar-refractivity contribution in [3.05, 3.63) is 22.4 Å². The predicted molar refractivity (Wildman–Crippen MR) is 77.6 cm³/mol. The predicted octanol–water partition coefficient (Wildman–Crippen LogP) is 2.79. The Hall–Kier alpha value is -1.14. The zero-order valence-corrected chi connectivity index (χ0v) is 12.3. The van der Waals surface area contributed by atoms with Gasteiger partial charge in [-0.2, -0.15) is 0 Å². The molecule has 0 spiro atoms. The number of nitrogens with zero attached hydrogens (tertiary/aromatic N) is 3. The van der Waals surface area contributed by atoms with Gasteiger partial charge in [0.05, 0.1) is 15.5 Å². The van der Waals surface area contributed by atoms with Crippen molar-refractivity contribution in [3.8, 4) is 0 Å². The van der Waals surface area contributed by atoms with Crippen molar-refractivity contribution in [2.24, 2.45) is 0 Å². The number of nitrogen functional groups attached to an aromatic ring is 1. The number of aromatic nitrogens is 2. The Labute approximate surface area is 119 Å². The molecular formula is C13H16BrFN4. The number of benzene rings is 1. The van der Waals surface area contributed by atoms with Crippen molar-refractivity contribution < 1.29 is 4.39 Å². The minimum absolute atomic E-state index is 0.268. The van der Waals surface area contributed by atoms with Gasteiger partial charge in [-0.3, -0.25) is 0 Å². The van der Waals surface area contributed by atoms with Crippen LogP contribution in [0, 0.1) is 5.82 Å². The summed E-state index contributed by atoms with van der Waals surface area (Å²) in [6.45, 7) is 2.02. The molecule has 2 heterocycles. The Morgan fingerprint density at radius 1 is 1.47 bits per heavy atom. The monoisotopic (exact) mass is 326 g/mol. The molecule has 2 aromatic rings. The summed E-state index contributed by atoms with van der Waals surface area (Å²) in [6.07, 6.45) is 2.18. The van der Waals surface area contributed by atoms with Gasteiger partial charge in [-0.1, -0.05) is 0 Å². The lowest BCUT2D eigenvalue weighted by atomic mass is 10.1. The number of anilines is 1. The number of halogens is 2. The van der Waals surface area contributed by atoms with Crippen molar-refractivity contribution in [3.63, 3.8) is 0 Å². The maximum absolute atomic E-state index is 13.7. The third-order valence-corrected chi connectivity index (χ3v) is 4.33. The molecule has 2 N–H and O–H groups in total. The van der Waals surface area contributed by atoms with E-state index in [2.05, 4.69) is 32.9 Å². The van der Waals surface area contributed by atoms with E-state index in [1.165, 1.54) is 6.07 Å². The molecule has 0 saturated carbocycles. The van der Waals surface area contributed by atoms with Crippen molar-refractivity contribution in [2.45, 2.75) is 18.9 Å². The van der Waals surface area contributed by atoms with Crippen LogP contribution < -0.4 is 5.73 Å². The van der Waals surface area contributed by atoms with Crippen LogP contribution in [0.25, 0.3) is 11.0 Å². The van der Waals surface area contributed by atoms with Crippen molar-refractivity contribution in [2.75, 3.05) is 25.9 Å². The first-order valence-corrected chi connectivity index (χ1v) is 7.16. The second-order valence-corrected chi connectivity index (χ2v) is 6.01. The summed E-state index contributed by atoms with van der Waals surface area (Å²) in [5.74, 6) is 0.186. The van der Waals surface area contributed by atoms with Gasteiger partial charge in [0.25, 0.3) is 0 Å². The molecule has 1 aromatic carbocycles. The molecule has 1 saturated heterocycles.